The molecule has 13 heteroatoms. The minimum Gasteiger partial charge on any atom is -0.477 e. The number of urea groups is 1. The van der Waals surface area contributed by atoms with Crippen LogP contribution in [-0.4, -0.2) is 56.7 Å². The van der Waals surface area contributed by atoms with Crippen LogP contribution in [0.1, 0.15) is 66.3 Å². The van der Waals surface area contributed by atoms with Crippen molar-refractivity contribution in [2.45, 2.75) is 75.6 Å². The van der Waals surface area contributed by atoms with Gasteiger partial charge in [-0.05, 0) is 62.8 Å². The number of carboxylic acid groups (broad SMARTS) is 1. The largest absolute Gasteiger partial charge is 0.573 e. The fourth-order valence-electron chi connectivity index (χ4n) is 5.81. The summed E-state index contributed by atoms with van der Waals surface area (Å²) in [6, 6.07) is 9.73. The Hall–Kier alpha value is -4.13. The van der Waals surface area contributed by atoms with Crippen molar-refractivity contribution in [2.75, 3.05) is 5.32 Å². The van der Waals surface area contributed by atoms with Crippen LogP contribution in [-0.2, 0) is 11.3 Å². The summed E-state index contributed by atoms with van der Waals surface area (Å²) in [5.74, 6) is -0.609. The summed E-state index contributed by atoms with van der Waals surface area (Å²) in [6.45, 7) is 0.104. The third kappa shape index (κ3) is 5.85. The number of nitrogens with one attached hydrogen (secondary N) is 1. The molecule has 216 valence electrons. The molecule has 2 unspecified atom stereocenters. The molecule has 2 aliphatic heterocycles. The van der Waals surface area contributed by atoms with Crippen LogP contribution in [0, 0.1) is 0 Å². The molecule has 4 heterocycles. The number of hydrogen-bond acceptors (Lipinski definition) is 7. The van der Waals surface area contributed by atoms with Crippen molar-refractivity contribution in [1.29, 1.82) is 0 Å². The molecule has 1 saturated carbocycles. The molecular weight excluding hydrogens is 545 g/mol. The number of carbonyl (C=O) groups is 2. The molecular formula is C28H27F3N4O6. The monoisotopic (exact) mass is 572 g/mol. The summed E-state index contributed by atoms with van der Waals surface area (Å²) in [5.41, 5.74) is 0.889. The van der Waals surface area contributed by atoms with Gasteiger partial charge in [-0.1, -0.05) is 23.4 Å². The number of hydrogen-bond donors (Lipinski definition) is 2. The molecule has 41 heavy (non-hydrogen) atoms. The molecule has 0 radical (unpaired) electrons. The van der Waals surface area contributed by atoms with Crippen LogP contribution in [0.2, 0.25) is 0 Å². The van der Waals surface area contributed by atoms with E-state index >= 15 is 0 Å². The smallest absolute Gasteiger partial charge is 0.477 e. The number of nitrogens with zero attached hydrogens (tertiary/aromatic N) is 3. The Kier molecular flexibility index (Phi) is 7.06. The average molecular weight is 573 g/mol. The molecule has 10 nitrogen and oxygen atoms in total. The van der Waals surface area contributed by atoms with Crippen LogP contribution < -0.4 is 10.1 Å². The van der Waals surface area contributed by atoms with Crippen LogP contribution in [0.25, 0.3) is 11.3 Å². The second-order valence-corrected chi connectivity index (χ2v) is 10.5. The Bertz CT molecular complexity index is 1440. The number of rotatable bonds is 8. The molecule has 1 aliphatic carbocycles. The van der Waals surface area contributed by atoms with E-state index in [1.165, 1.54) is 36.4 Å². The van der Waals surface area contributed by atoms with E-state index in [-0.39, 0.29) is 65.3 Å². The number of carboxylic acids is 1. The van der Waals surface area contributed by atoms with Crippen LogP contribution in [0.5, 0.6) is 5.75 Å². The Balaban J connectivity index is 1.15. The van der Waals surface area contributed by atoms with E-state index in [1.807, 2.05) is 0 Å². The third-order valence-electron chi connectivity index (χ3n) is 7.73. The molecule has 3 fully saturated rings. The number of alkyl halides is 3. The summed E-state index contributed by atoms with van der Waals surface area (Å²) >= 11 is 0. The van der Waals surface area contributed by atoms with E-state index < -0.39 is 12.3 Å². The highest BCUT2D eigenvalue weighted by Gasteiger charge is 2.44. The minimum atomic E-state index is -4.86. The zero-order valence-electron chi connectivity index (χ0n) is 21.8. The number of piperidine rings is 1. The maximum Gasteiger partial charge on any atom is 0.573 e. The van der Waals surface area contributed by atoms with Gasteiger partial charge >= 0.3 is 18.4 Å². The second-order valence-electron chi connectivity index (χ2n) is 10.5. The lowest BCUT2D eigenvalue weighted by atomic mass is 9.99. The number of benzene rings is 1. The van der Waals surface area contributed by atoms with E-state index in [0.29, 0.717) is 24.2 Å². The lowest BCUT2D eigenvalue weighted by Crippen LogP contribution is -2.50. The maximum atomic E-state index is 13.1. The van der Waals surface area contributed by atoms with Gasteiger partial charge in [-0.15, -0.1) is 13.2 Å². The van der Waals surface area contributed by atoms with Crippen molar-refractivity contribution in [2.24, 2.45) is 0 Å². The van der Waals surface area contributed by atoms with Gasteiger partial charge in [0.1, 0.15) is 23.0 Å². The molecule has 2 amide bonds. The molecule has 1 aromatic carbocycles. The van der Waals surface area contributed by atoms with E-state index in [2.05, 4.69) is 20.2 Å². The topological polar surface area (TPSA) is 127 Å². The van der Waals surface area contributed by atoms with Crippen LogP contribution >= 0.6 is 0 Å². The molecule has 2 saturated heterocycles. The van der Waals surface area contributed by atoms with Crippen molar-refractivity contribution in [1.82, 2.24) is 15.0 Å². The molecule has 3 aromatic rings. The molecule has 2 aromatic heterocycles. The minimum absolute atomic E-state index is 0.0767. The number of halogens is 3. The summed E-state index contributed by atoms with van der Waals surface area (Å²) in [5, 5.41) is 16.0. The number of pyridine rings is 1. The van der Waals surface area contributed by atoms with Crippen molar-refractivity contribution in [3.8, 4) is 17.0 Å². The summed E-state index contributed by atoms with van der Waals surface area (Å²) in [4.78, 5) is 30.1. The van der Waals surface area contributed by atoms with E-state index in [1.54, 1.807) is 11.0 Å². The fraction of sp³-hybridized carbons (Fsp3) is 0.429. The van der Waals surface area contributed by atoms with Gasteiger partial charge in [-0.2, -0.15) is 0 Å². The van der Waals surface area contributed by atoms with Gasteiger partial charge in [0.15, 0.2) is 5.69 Å². The zero-order chi connectivity index (χ0) is 28.7. The summed E-state index contributed by atoms with van der Waals surface area (Å²) < 4.78 is 55.4. The number of aromatic carboxylic acids is 1. The van der Waals surface area contributed by atoms with Crippen LogP contribution in [0.15, 0.2) is 47.0 Å². The first-order chi connectivity index (χ1) is 19.7. The Morgan fingerprint density at radius 3 is 2.46 bits per heavy atom. The second kappa shape index (κ2) is 10.7. The zero-order valence-corrected chi connectivity index (χ0v) is 21.8. The molecule has 0 spiro atoms. The number of aromatic nitrogens is 2. The van der Waals surface area contributed by atoms with Gasteiger partial charge in [-0.25, -0.2) is 14.6 Å². The third-order valence-corrected chi connectivity index (χ3v) is 7.73. The highest BCUT2D eigenvalue weighted by atomic mass is 19.4. The van der Waals surface area contributed by atoms with Crippen molar-refractivity contribution in [3.05, 3.63) is 59.5 Å². The normalized spacial score (nSPS) is 22.0. The Morgan fingerprint density at radius 2 is 1.78 bits per heavy atom. The first-order valence-electron chi connectivity index (χ1n) is 13.4. The number of para-hydroxylation sites is 1. The number of anilines is 1. The molecule has 3 aliphatic rings. The van der Waals surface area contributed by atoms with Crippen molar-refractivity contribution >= 4 is 17.8 Å². The van der Waals surface area contributed by atoms with Crippen molar-refractivity contribution < 1.29 is 41.9 Å². The van der Waals surface area contributed by atoms with Gasteiger partial charge < -0.3 is 24.0 Å². The van der Waals surface area contributed by atoms with Gasteiger partial charge in [0, 0.05) is 29.1 Å². The van der Waals surface area contributed by atoms with Gasteiger partial charge in [0.2, 0.25) is 0 Å². The van der Waals surface area contributed by atoms with Gasteiger partial charge in [-0.3, -0.25) is 5.32 Å². The maximum absolute atomic E-state index is 13.1. The molecule has 2 atom stereocenters. The first-order valence-corrected chi connectivity index (χ1v) is 13.4. The number of fused-ring (bicyclic) bond motifs is 2. The number of carbonyl (C=O) groups excluding carboxylic acids is 1. The first kappa shape index (κ1) is 27.1. The highest BCUT2D eigenvalue weighted by molar-refractivity contribution is 5.90. The van der Waals surface area contributed by atoms with Gasteiger partial charge in [0.25, 0.3) is 0 Å². The SMILES string of the molecule is O=C(O)c1cccc(NC(=O)N2C3CCC2CC(OCc2c(-c4ccccc4OC(F)(F)F)noc2C2CC2)C3)n1. The average Bonchev–Trinajstić information content (AvgIpc) is 3.62. The Labute approximate surface area is 232 Å². The Morgan fingerprint density at radius 1 is 1.05 bits per heavy atom. The standard InChI is InChI=1S/C28H27F3N4O6/c29-28(30,31)40-22-6-2-1-4-19(22)24-20(25(41-34-24)15-8-9-15)14-39-18-12-16-10-11-17(13-18)35(16)27(38)33-23-7-3-5-21(32-23)26(36)37/h1-7,15-18H,8-14H2,(H,36,37)(H,32,33,38). The fourth-order valence-corrected chi connectivity index (χ4v) is 5.81. The highest BCUT2D eigenvalue weighted by Crippen LogP contribution is 2.46. The van der Waals surface area contributed by atoms with Gasteiger partial charge in [0.05, 0.1) is 12.7 Å². The predicted molar refractivity (Wildman–Crippen MR) is 137 cm³/mol. The van der Waals surface area contributed by atoms with E-state index in [0.717, 1.165) is 25.7 Å². The lowest BCUT2D eigenvalue weighted by molar-refractivity contribution is -0.274. The summed E-state index contributed by atoms with van der Waals surface area (Å²) in [6.07, 6.45) is -0.456. The van der Waals surface area contributed by atoms with Crippen LogP contribution in [0.4, 0.5) is 23.8 Å². The molecule has 6 rings (SSSR count). The van der Waals surface area contributed by atoms with E-state index in [4.69, 9.17) is 14.4 Å². The van der Waals surface area contributed by atoms with Crippen LogP contribution in [0.3, 0.4) is 0 Å². The van der Waals surface area contributed by atoms with E-state index in [9.17, 15) is 22.8 Å². The number of amides is 2. The molecule has 2 bridgehead atoms. The molecule has 2 N–H and O–H groups in total. The number of ether oxygens (including phenoxy) is 2. The summed E-state index contributed by atoms with van der Waals surface area (Å²) in [7, 11) is 0. The predicted octanol–water partition coefficient (Wildman–Crippen LogP) is 5.95. The quantitative estimate of drug-likeness (QED) is 0.339. The van der Waals surface area contributed by atoms with Crippen molar-refractivity contribution in [3.63, 3.8) is 0 Å². The lowest BCUT2D eigenvalue weighted by Gasteiger charge is -2.38.